The summed E-state index contributed by atoms with van der Waals surface area (Å²) in [6.07, 6.45) is 1.59. The van der Waals surface area contributed by atoms with Gasteiger partial charge in [0.25, 0.3) is 0 Å². The lowest BCUT2D eigenvalue weighted by atomic mass is 10.1. The van der Waals surface area contributed by atoms with Crippen molar-refractivity contribution in [1.29, 1.82) is 0 Å². The number of methoxy groups -OCH3 is 3. The molecule has 0 bridgehead atoms. The molecule has 0 aliphatic rings. The van der Waals surface area contributed by atoms with E-state index in [1.54, 1.807) is 50.4 Å². The molecular weight excluding hydrogens is 494 g/mol. The van der Waals surface area contributed by atoms with Crippen LogP contribution in [-0.4, -0.2) is 43.9 Å². The van der Waals surface area contributed by atoms with Gasteiger partial charge in [0.1, 0.15) is 5.75 Å². The standard InChI is InChI=1S/C23H24BrN3O4S/c1-14(2)11-25-23-27(26-12-16-8-17(24)6-7-19(16)28)18(13-32-23)15-9-20(29-3)22(31-5)21(10-15)30-4/h6-10,12-13,28H,1,11H2,2-5H3. The monoisotopic (exact) mass is 517 g/mol. The molecule has 0 radical (unpaired) electrons. The average Bonchev–Trinajstić information content (AvgIpc) is 3.19. The molecule has 9 heteroatoms. The highest BCUT2D eigenvalue weighted by Gasteiger charge is 2.17. The highest BCUT2D eigenvalue weighted by atomic mass is 79.9. The molecule has 1 N–H and O–H groups in total. The summed E-state index contributed by atoms with van der Waals surface area (Å²) in [6.45, 7) is 6.32. The van der Waals surface area contributed by atoms with Crippen LogP contribution in [0.4, 0.5) is 0 Å². The Balaban J connectivity index is 2.19. The molecule has 0 aliphatic carbocycles. The molecule has 2 aromatic carbocycles. The fourth-order valence-electron chi connectivity index (χ4n) is 2.90. The van der Waals surface area contributed by atoms with Crippen molar-refractivity contribution in [3.63, 3.8) is 0 Å². The molecule has 0 atom stereocenters. The van der Waals surface area contributed by atoms with Crippen LogP contribution >= 0.6 is 27.3 Å². The topological polar surface area (TPSA) is 77.6 Å². The molecule has 3 aromatic rings. The van der Waals surface area contributed by atoms with E-state index in [0.29, 0.717) is 34.2 Å². The first-order valence-corrected chi connectivity index (χ1v) is 11.2. The van der Waals surface area contributed by atoms with Crippen LogP contribution in [0.2, 0.25) is 0 Å². The minimum atomic E-state index is 0.127. The molecule has 7 nitrogen and oxygen atoms in total. The van der Waals surface area contributed by atoms with Crippen molar-refractivity contribution in [3.8, 4) is 34.3 Å². The first-order valence-electron chi connectivity index (χ1n) is 9.56. The van der Waals surface area contributed by atoms with Gasteiger partial charge in [0.05, 0.1) is 39.8 Å². The van der Waals surface area contributed by atoms with Crippen LogP contribution in [0, 0.1) is 0 Å². The highest BCUT2D eigenvalue weighted by molar-refractivity contribution is 9.10. The fourth-order valence-corrected chi connectivity index (χ4v) is 4.11. The number of phenols is 1. The Morgan fingerprint density at radius 2 is 1.84 bits per heavy atom. The molecule has 0 saturated carbocycles. The summed E-state index contributed by atoms with van der Waals surface area (Å²) in [5.74, 6) is 1.71. The predicted octanol–water partition coefficient (Wildman–Crippen LogP) is 5.07. The molecule has 0 fully saturated rings. The van der Waals surface area contributed by atoms with Crippen LogP contribution < -0.4 is 19.0 Å². The summed E-state index contributed by atoms with van der Waals surface area (Å²) in [5, 5.41) is 16.8. The van der Waals surface area contributed by atoms with Gasteiger partial charge >= 0.3 is 0 Å². The van der Waals surface area contributed by atoms with Gasteiger partial charge in [0, 0.05) is 21.0 Å². The van der Waals surface area contributed by atoms with E-state index >= 15 is 0 Å². The lowest BCUT2D eigenvalue weighted by Crippen LogP contribution is -2.13. The van der Waals surface area contributed by atoms with E-state index in [1.165, 1.54) is 11.3 Å². The smallest absolute Gasteiger partial charge is 0.206 e. The number of phenolic OH excluding ortho intramolecular Hbond substituents is 1. The zero-order valence-corrected chi connectivity index (χ0v) is 20.7. The number of aromatic nitrogens is 1. The third kappa shape index (κ3) is 5.23. The third-order valence-corrected chi connectivity index (χ3v) is 5.78. The molecule has 0 saturated heterocycles. The number of benzene rings is 2. The molecule has 0 unspecified atom stereocenters. The quantitative estimate of drug-likeness (QED) is 0.334. The van der Waals surface area contributed by atoms with Crippen molar-refractivity contribution >= 4 is 33.5 Å². The Morgan fingerprint density at radius 1 is 1.16 bits per heavy atom. The van der Waals surface area contributed by atoms with E-state index in [9.17, 15) is 5.11 Å². The number of hydrogen-bond donors (Lipinski definition) is 1. The van der Waals surface area contributed by atoms with Gasteiger partial charge in [-0.05, 0) is 37.3 Å². The lowest BCUT2D eigenvalue weighted by Gasteiger charge is -2.14. The maximum Gasteiger partial charge on any atom is 0.206 e. The third-order valence-electron chi connectivity index (χ3n) is 4.43. The molecule has 168 valence electrons. The van der Waals surface area contributed by atoms with Crippen LogP contribution in [0.1, 0.15) is 12.5 Å². The second-order valence-electron chi connectivity index (χ2n) is 6.85. The molecule has 1 heterocycles. The van der Waals surface area contributed by atoms with Gasteiger partial charge in [-0.2, -0.15) is 5.10 Å². The van der Waals surface area contributed by atoms with Gasteiger partial charge in [0.15, 0.2) is 11.5 Å². The molecule has 3 rings (SSSR count). The van der Waals surface area contributed by atoms with Crippen molar-refractivity contribution in [1.82, 2.24) is 4.68 Å². The first-order chi connectivity index (χ1) is 15.4. The van der Waals surface area contributed by atoms with Gasteiger partial charge in [0.2, 0.25) is 10.6 Å². The highest BCUT2D eigenvalue weighted by Crippen LogP contribution is 2.41. The minimum Gasteiger partial charge on any atom is -0.507 e. The Labute approximate surface area is 199 Å². The number of halogens is 1. The summed E-state index contributed by atoms with van der Waals surface area (Å²) in [4.78, 5) is 5.32. The number of nitrogens with zero attached hydrogens (tertiary/aromatic N) is 3. The predicted molar refractivity (Wildman–Crippen MR) is 131 cm³/mol. The molecule has 1 aromatic heterocycles. The largest absolute Gasteiger partial charge is 0.507 e. The van der Waals surface area contributed by atoms with E-state index < -0.39 is 0 Å². The van der Waals surface area contributed by atoms with Gasteiger partial charge in [-0.25, -0.2) is 4.68 Å². The van der Waals surface area contributed by atoms with E-state index in [1.807, 2.05) is 24.4 Å². The summed E-state index contributed by atoms with van der Waals surface area (Å²) in [6, 6.07) is 8.87. The number of ether oxygens (including phenoxy) is 3. The van der Waals surface area contributed by atoms with Crippen LogP contribution in [0.5, 0.6) is 23.0 Å². The Morgan fingerprint density at radius 3 is 2.44 bits per heavy atom. The summed E-state index contributed by atoms with van der Waals surface area (Å²) in [5.41, 5.74) is 3.09. The fraction of sp³-hybridized carbons (Fsp3) is 0.217. The van der Waals surface area contributed by atoms with Gasteiger partial charge in [-0.1, -0.05) is 28.1 Å². The van der Waals surface area contributed by atoms with Crippen LogP contribution in [0.3, 0.4) is 0 Å². The number of thiazole rings is 1. The second kappa shape index (κ2) is 10.5. The average molecular weight is 518 g/mol. The maximum atomic E-state index is 10.2. The molecule has 0 spiro atoms. The Kier molecular flexibility index (Phi) is 7.76. The SMILES string of the molecule is C=C(C)CN=c1scc(-c2cc(OC)c(OC)c(OC)c2)n1N=Cc1cc(Br)ccc1O. The van der Waals surface area contributed by atoms with Crippen LogP contribution in [-0.2, 0) is 0 Å². The van der Waals surface area contributed by atoms with Gasteiger partial charge in [-0.3, -0.25) is 4.99 Å². The normalized spacial score (nSPS) is 11.7. The number of hydrogen-bond acceptors (Lipinski definition) is 7. The number of aromatic hydroxyl groups is 1. The van der Waals surface area contributed by atoms with Gasteiger partial charge < -0.3 is 19.3 Å². The lowest BCUT2D eigenvalue weighted by molar-refractivity contribution is 0.324. The summed E-state index contributed by atoms with van der Waals surface area (Å²) in [7, 11) is 4.71. The summed E-state index contributed by atoms with van der Waals surface area (Å²) >= 11 is 4.87. The maximum absolute atomic E-state index is 10.2. The van der Waals surface area contributed by atoms with Crippen molar-refractivity contribution in [2.75, 3.05) is 27.9 Å². The molecule has 0 amide bonds. The second-order valence-corrected chi connectivity index (χ2v) is 8.60. The zero-order chi connectivity index (χ0) is 23.3. The van der Waals surface area contributed by atoms with E-state index in [4.69, 9.17) is 14.2 Å². The molecular formula is C23H24BrN3O4S. The van der Waals surface area contributed by atoms with E-state index in [2.05, 4.69) is 32.6 Å². The van der Waals surface area contributed by atoms with Crippen LogP contribution in [0.15, 0.2) is 62.4 Å². The minimum absolute atomic E-state index is 0.127. The van der Waals surface area contributed by atoms with Crippen molar-refractivity contribution in [3.05, 3.63) is 62.7 Å². The van der Waals surface area contributed by atoms with Crippen molar-refractivity contribution in [2.45, 2.75) is 6.92 Å². The Hall–Kier alpha value is -3.04. The van der Waals surface area contributed by atoms with Crippen molar-refractivity contribution in [2.24, 2.45) is 10.1 Å². The molecule has 32 heavy (non-hydrogen) atoms. The van der Waals surface area contributed by atoms with Crippen LogP contribution in [0.25, 0.3) is 11.3 Å². The number of rotatable bonds is 8. The zero-order valence-electron chi connectivity index (χ0n) is 18.3. The molecule has 0 aliphatic heterocycles. The first kappa shape index (κ1) is 23.6. The van der Waals surface area contributed by atoms with Crippen molar-refractivity contribution < 1.29 is 19.3 Å². The van der Waals surface area contributed by atoms with E-state index in [0.717, 1.165) is 21.3 Å². The van der Waals surface area contributed by atoms with Gasteiger partial charge in [-0.15, -0.1) is 11.3 Å². The van der Waals surface area contributed by atoms with E-state index in [-0.39, 0.29) is 5.75 Å². The Bertz CT molecular complexity index is 1210. The summed E-state index contributed by atoms with van der Waals surface area (Å²) < 4.78 is 19.0.